The molecule has 0 spiro atoms. The first-order valence-corrected chi connectivity index (χ1v) is 9.06. The molecule has 1 heterocycles. The average molecular weight is 391 g/mol. The lowest BCUT2D eigenvalue weighted by molar-refractivity contribution is -0.119. The van der Waals surface area contributed by atoms with Crippen molar-refractivity contribution in [2.24, 2.45) is 0 Å². The van der Waals surface area contributed by atoms with Gasteiger partial charge >= 0.3 is 5.97 Å². The average Bonchev–Trinajstić information content (AvgIpc) is 3.04. The molecule has 0 saturated carbocycles. The summed E-state index contributed by atoms with van der Waals surface area (Å²) in [5.74, 6) is -1.30. The van der Waals surface area contributed by atoms with Gasteiger partial charge in [-0.25, -0.2) is 9.48 Å². The van der Waals surface area contributed by atoms with Crippen molar-refractivity contribution in [2.75, 3.05) is 11.9 Å². The Kier molecular flexibility index (Phi) is 5.87. The second-order valence-electron chi connectivity index (χ2n) is 6.61. The van der Waals surface area contributed by atoms with Crippen LogP contribution in [0.2, 0.25) is 0 Å². The predicted molar refractivity (Wildman–Crippen MR) is 108 cm³/mol. The minimum absolute atomic E-state index is 0.166. The van der Waals surface area contributed by atoms with Crippen molar-refractivity contribution in [3.63, 3.8) is 0 Å². The third-order valence-corrected chi connectivity index (χ3v) is 4.27. The molecule has 7 nitrogen and oxygen atoms in total. The minimum Gasteiger partial charge on any atom is -0.452 e. The summed E-state index contributed by atoms with van der Waals surface area (Å²) in [7, 11) is 0. The number of benzene rings is 2. The van der Waals surface area contributed by atoms with Crippen LogP contribution in [0.5, 0.6) is 0 Å². The highest BCUT2D eigenvalue weighted by Gasteiger charge is 2.13. The lowest BCUT2D eigenvalue weighted by atomic mass is 10.1. The van der Waals surface area contributed by atoms with Crippen molar-refractivity contribution in [1.82, 2.24) is 9.78 Å². The van der Waals surface area contributed by atoms with Crippen LogP contribution in [-0.2, 0) is 9.53 Å². The van der Waals surface area contributed by atoms with E-state index in [1.807, 2.05) is 19.9 Å². The number of aryl methyl sites for hydroxylation is 2. The number of anilines is 1. The van der Waals surface area contributed by atoms with E-state index in [0.29, 0.717) is 16.8 Å². The third-order valence-electron chi connectivity index (χ3n) is 4.27. The molecule has 0 bridgehead atoms. The van der Waals surface area contributed by atoms with E-state index in [9.17, 15) is 14.4 Å². The van der Waals surface area contributed by atoms with Crippen molar-refractivity contribution >= 4 is 23.3 Å². The number of rotatable bonds is 6. The maximum absolute atomic E-state index is 12.2. The Bertz CT molecular complexity index is 1070. The van der Waals surface area contributed by atoms with Crippen molar-refractivity contribution in [1.29, 1.82) is 0 Å². The van der Waals surface area contributed by atoms with Crippen LogP contribution in [0.25, 0.3) is 5.69 Å². The van der Waals surface area contributed by atoms with Crippen LogP contribution < -0.4 is 5.32 Å². The highest BCUT2D eigenvalue weighted by atomic mass is 16.5. The first-order valence-electron chi connectivity index (χ1n) is 9.06. The molecule has 3 rings (SSSR count). The minimum atomic E-state index is -0.611. The number of amides is 1. The number of aromatic nitrogens is 2. The SMILES string of the molecule is CC(=O)c1ccccc1NC(=O)COC(=O)c1ccc(-n2nc(C)cc2C)cc1. The van der Waals surface area contributed by atoms with Crippen LogP contribution in [0.4, 0.5) is 5.69 Å². The Labute approximate surface area is 168 Å². The highest BCUT2D eigenvalue weighted by Crippen LogP contribution is 2.16. The molecule has 1 aromatic heterocycles. The zero-order valence-corrected chi connectivity index (χ0v) is 16.4. The molecule has 1 amide bonds. The van der Waals surface area contributed by atoms with E-state index in [2.05, 4.69) is 10.4 Å². The van der Waals surface area contributed by atoms with Crippen molar-refractivity contribution < 1.29 is 19.1 Å². The Morgan fingerprint density at radius 3 is 2.34 bits per heavy atom. The molecule has 0 fully saturated rings. The number of esters is 1. The summed E-state index contributed by atoms with van der Waals surface area (Å²) < 4.78 is 6.86. The van der Waals surface area contributed by atoms with Gasteiger partial charge in [-0.05, 0) is 63.2 Å². The maximum atomic E-state index is 12.2. The first-order chi connectivity index (χ1) is 13.8. The summed E-state index contributed by atoms with van der Waals surface area (Å²) in [5, 5.41) is 6.99. The van der Waals surface area contributed by atoms with Crippen LogP contribution in [0.1, 0.15) is 39.0 Å². The van der Waals surface area contributed by atoms with Crippen LogP contribution in [0.3, 0.4) is 0 Å². The molecule has 0 aliphatic rings. The van der Waals surface area contributed by atoms with Gasteiger partial charge in [0.25, 0.3) is 5.91 Å². The van der Waals surface area contributed by atoms with E-state index in [1.54, 1.807) is 53.2 Å². The van der Waals surface area contributed by atoms with Gasteiger partial charge in [0.1, 0.15) is 0 Å². The number of nitrogens with one attached hydrogen (secondary N) is 1. The topological polar surface area (TPSA) is 90.3 Å². The number of ether oxygens (including phenoxy) is 1. The van der Waals surface area contributed by atoms with E-state index in [1.165, 1.54) is 6.92 Å². The quantitative estimate of drug-likeness (QED) is 0.513. The molecular formula is C22H21N3O4. The number of carbonyl (C=O) groups is 3. The second-order valence-corrected chi connectivity index (χ2v) is 6.61. The van der Waals surface area contributed by atoms with Crippen molar-refractivity contribution in [3.05, 3.63) is 77.1 Å². The number of hydrogen-bond acceptors (Lipinski definition) is 5. The van der Waals surface area contributed by atoms with Crippen LogP contribution >= 0.6 is 0 Å². The standard InChI is InChI=1S/C22H21N3O4/c1-14-12-15(2)25(24-14)18-10-8-17(9-11-18)22(28)29-13-21(27)23-20-7-5-4-6-19(20)16(3)26/h4-12H,13H2,1-3H3,(H,23,27). The molecule has 3 aromatic rings. The molecule has 0 aliphatic carbocycles. The number of nitrogens with zero attached hydrogens (tertiary/aromatic N) is 2. The van der Waals surface area contributed by atoms with E-state index >= 15 is 0 Å². The largest absolute Gasteiger partial charge is 0.452 e. The Balaban J connectivity index is 1.60. The van der Waals surface area contributed by atoms with Gasteiger partial charge in [-0.15, -0.1) is 0 Å². The Morgan fingerprint density at radius 1 is 1.03 bits per heavy atom. The molecule has 1 N–H and O–H groups in total. The first kappa shape index (κ1) is 20.0. The summed E-state index contributed by atoms with van der Waals surface area (Å²) >= 11 is 0. The van der Waals surface area contributed by atoms with Gasteiger partial charge in [0.05, 0.1) is 22.6 Å². The zero-order chi connectivity index (χ0) is 21.0. The number of para-hydroxylation sites is 1. The van der Waals surface area contributed by atoms with Gasteiger partial charge < -0.3 is 10.1 Å². The maximum Gasteiger partial charge on any atom is 0.338 e. The fourth-order valence-electron chi connectivity index (χ4n) is 2.93. The molecule has 29 heavy (non-hydrogen) atoms. The highest BCUT2D eigenvalue weighted by molar-refractivity contribution is 6.04. The number of Topliss-reactive ketones (excluding diaryl/α,β-unsaturated/α-hetero) is 1. The van der Waals surface area contributed by atoms with Gasteiger partial charge in [-0.3, -0.25) is 9.59 Å². The van der Waals surface area contributed by atoms with Gasteiger partial charge in [0.15, 0.2) is 12.4 Å². The zero-order valence-electron chi connectivity index (χ0n) is 16.4. The van der Waals surface area contributed by atoms with Gasteiger partial charge in [-0.2, -0.15) is 5.10 Å². The van der Waals surface area contributed by atoms with Crippen molar-refractivity contribution in [3.8, 4) is 5.69 Å². The molecular weight excluding hydrogens is 370 g/mol. The van der Waals surface area contributed by atoms with Gasteiger partial charge in [0.2, 0.25) is 0 Å². The van der Waals surface area contributed by atoms with Crippen molar-refractivity contribution in [2.45, 2.75) is 20.8 Å². The fourth-order valence-corrected chi connectivity index (χ4v) is 2.93. The third kappa shape index (κ3) is 4.76. The Hall–Kier alpha value is -3.74. The molecule has 0 radical (unpaired) electrons. The second kappa shape index (κ2) is 8.52. The Morgan fingerprint density at radius 2 is 1.72 bits per heavy atom. The van der Waals surface area contributed by atoms with E-state index in [0.717, 1.165) is 17.1 Å². The summed E-state index contributed by atoms with van der Waals surface area (Å²) in [5.41, 5.74) is 3.82. The summed E-state index contributed by atoms with van der Waals surface area (Å²) in [6.45, 7) is 4.82. The molecule has 0 unspecified atom stereocenters. The van der Waals surface area contributed by atoms with Crippen LogP contribution in [-0.4, -0.2) is 34.0 Å². The summed E-state index contributed by atoms with van der Waals surface area (Å²) in [4.78, 5) is 35.9. The molecule has 2 aromatic carbocycles. The monoisotopic (exact) mass is 391 g/mol. The van der Waals surface area contributed by atoms with Gasteiger partial charge in [-0.1, -0.05) is 12.1 Å². The predicted octanol–water partition coefficient (Wildman–Crippen LogP) is 3.49. The number of hydrogen-bond donors (Lipinski definition) is 1. The molecule has 148 valence electrons. The normalized spacial score (nSPS) is 10.4. The molecule has 0 atom stereocenters. The van der Waals surface area contributed by atoms with E-state index < -0.39 is 18.5 Å². The lowest BCUT2D eigenvalue weighted by Crippen LogP contribution is -2.22. The fraction of sp³-hybridized carbons (Fsp3) is 0.182. The lowest BCUT2D eigenvalue weighted by Gasteiger charge is -2.10. The molecule has 7 heteroatoms. The van der Waals surface area contributed by atoms with Crippen LogP contribution in [0.15, 0.2) is 54.6 Å². The van der Waals surface area contributed by atoms with Crippen LogP contribution in [0, 0.1) is 13.8 Å². The molecule has 0 saturated heterocycles. The smallest absolute Gasteiger partial charge is 0.338 e. The number of carbonyl (C=O) groups excluding carboxylic acids is 3. The van der Waals surface area contributed by atoms with E-state index in [4.69, 9.17) is 4.74 Å². The van der Waals surface area contributed by atoms with E-state index in [-0.39, 0.29) is 5.78 Å². The number of ketones is 1. The summed E-state index contributed by atoms with van der Waals surface area (Å²) in [6, 6.07) is 15.4. The van der Waals surface area contributed by atoms with Gasteiger partial charge in [0, 0.05) is 11.3 Å². The summed E-state index contributed by atoms with van der Waals surface area (Å²) in [6.07, 6.45) is 0. The molecule has 0 aliphatic heterocycles.